The second-order valence-electron chi connectivity index (χ2n) is 11.8. The van der Waals surface area contributed by atoms with Crippen molar-refractivity contribution in [2.45, 2.75) is 83.3 Å². The molecule has 2 aliphatic heterocycles. The van der Waals surface area contributed by atoms with Crippen molar-refractivity contribution in [1.82, 2.24) is 0 Å². The third-order valence-corrected chi connectivity index (χ3v) is 12.8. The molecular formula is C31H44N2O6Si. The molecular weight excluding hydrogens is 524 g/mol. The van der Waals surface area contributed by atoms with Crippen LogP contribution in [0.3, 0.4) is 0 Å². The van der Waals surface area contributed by atoms with Crippen molar-refractivity contribution in [3.63, 3.8) is 0 Å². The van der Waals surface area contributed by atoms with E-state index in [-0.39, 0.29) is 23.6 Å². The highest BCUT2D eigenvalue weighted by atomic mass is 28.4. The lowest BCUT2D eigenvalue weighted by Crippen LogP contribution is -2.70. The lowest BCUT2D eigenvalue weighted by Gasteiger charge is -2.48. The van der Waals surface area contributed by atoms with Gasteiger partial charge in [-0.25, -0.2) is 9.98 Å². The second kappa shape index (κ2) is 12.5. The van der Waals surface area contributed by atoms with E-state index in [1.165, 1.54) is 0 Å². The average molecular weight is 569 g/mol. The fourth-order valence-corrected chi connectivity index (χ4v) is 10.4. The Morgan fingerprint density at radius 2 is 1.38 bits per heavy atom. The van der Waals surface area contributed by atoms with E-state index in [0.717, 1.165) is 10.4 Å². The molecule has 0 bridgehead atoms. The molecule has 2 heterocycles. The number of hydrogen-bond acceptors (Lipinski definition) is 8. The summed E-state index contributed by atoms with van der Waals surface area (Å²) >= 11 is 0. The van der Waals surface area contributed by atoms with E-state index >= 15 is 0 Å². The molecule has 0 unspecified atom stereocenters. The topological polar surface area (TPSA) is 91.1 Å². The maximum atomic E-state index is 11.9. The van der Waals surface area contributed by atoms with Gasteiger partial charge in [0.1, 0.15) is 18.2 Å². The van der Waals surface area contributed by atoms with Crippen molar-refractivity contribution in [1.29, 1.82) is 0 Å². The van der Waals surface area contributed by atoms with Crippen LogP contribution >= 0.6 is 0 Å². The van der Waals surface area contributed by atoms with Gasteiger partial charge in [-0.2, -0.15) is 0 Å². The molecule has 1 fully saturated rings. The van der Waals surface area contributed by atoms with Gasteiger partial charge >= 0.3 is 0 Å². The van der Waals surface area contributed by atoms with Crippen LogP contribution in [0.5, 0.6) is 0 Å². The van der Waals surface area contributed by atoms with Gasteiger partial charge in [0.2, 0.25) is 11.8 Å². The van der Waals surface area contributed by atoms with Crippen molar-refractivity contribution in [3.8, 4) is 0 Å². The Labute approximate surface area is 239 Å². The largest absolute Gasteiger partial charge is 0.483 e. The molecule has 0 saturated carbocycles. The zero-order valence-electron chi connectivity index (χ0n) is 24.9. The molecule has 2 aliphatic rings. The van der Waals surface area contributed by atoms with Gasteiger partial charge in [-0.05, 0) is 28.3 Å². The number of nitrogens with zero attached hydrogens (tertiary/aromatic N) is 2. The summed E-state index contributed by atoms with van der Waals surface area (Å²) in [5, 5.41) is 13.9. The van der Waals surface area contributed by atoms with Crippen molar-refractivity contribution < 1.29 is 28.5 Å². The molecule has 0 amide bonds. The normalized spacial score (nSPS) is 26.6. The molecule has 0 aromatic heterocycles. The van der Waals surface area contributed by atoms with E-state index in [1.807, 2.05) is 57.2 Å². The van der Waals surface area contributed by atoms with E-state index in [0.29, 0.717) is 11.8 Å². The van der Waals surface area contributed by atoms with Gasteiger partial charge in [-0.1, -0.05) is 95.3 Å². The summed E-state index contributed by atoms with van der Waals surface area (Å²) in [6.45, 7) is 12.8. The minimum Gasteiger partial charge on any atom is -0.483 e. The number of aliphatic imine (C=N–C) groups is 2. The predicted octanol–water partition coefficient (Wildman–Crippen LogP) is 3.55. The van der Waals surface area contributed by atoms with Crippen LogP contribution in [0.2, 0.25) is 5.04 Å². The third kappa shape index (κ3) is 5.89. The van der Waals surface area contributed by atoms with Crippen LogP contribution in [0.25, 0.3) is 0 Å². The predicted molar refractivity (Wildman–Crippen MR) is 160 cm³/mol. The minimum absolute atomic E-state index is 0.146. The highest BCUT2D eigenvalue weighted by Crippen LogP contribution is 2.39. The van der Waals surface area contributed by atoms with Crippen LogP contribution in [0.4, 0.5) is 0 Å². The molecule has 0 spiro atoms. The first-order chi connectivity index (χ1) is 19.0. The summed E-state index contributed by atoms with van der Waals surface area (Å²) in [4.78, 5) is 9.54. The molecule has 0 radical (unpaired) electrons. The molecule has 2 aromatic rings. The lowest BCUT2D eigenvalue weighted by atomic mass is 9.97. The fourth-order valence-electron chi connectivity index (χ4n) is 5.71. The molecule has 40 heavy (non-hydrogen) atoms. The number of ether oxygens (including phenoxy) is 4. The molecule has 1 saturated heterocycles. The van der Waals surface area contributed by atoms with Gasteiger partial charge in [0, 0.05) is 0 Å². The Kier molecular flexibility index (Phi) is 9.52. The first kappa shape index (κ1) is 30.4. The van der Waals surface area contributed by atoms with Crippen molar-refractivity contribution >= 4 is 30.5 Å². The van der Waals surface area contributed by atoms with Crippen molar-refractivity contribution in [2.75, 3.05) is 20.8 Å². The van der Waals surface area contributed by atoms with Crippen LogP contribution in [-0.2, 0) is 23.4 Å². The van der Waals surface area contributed by atoms with Crippen molar-refractivity contribution in [2.24, 2.45) is 15.9 Å². The maximum Gasteiger partial charge on any atom is 0.261 e. The Balaban J connectivity index is 1.78. The van der Waals surface area contributed by atoms with Crippen LogP contribution in [0.1, 0.15) is 41.5 Å². The van der Waals surface area contributed by atoms with E-state index in [2.05, 4.69) is 45.0 Å². The smallest absolute Gasteiger partial charge is 0.261 e. The van der Waals surface area contributed by atoms with Crippen LogP contribution in [0, 0.1) is 5.92 Å². The second-order valence-corrected chi connectivity index (χ2v) is 16.0. The Morgan fingerprint density at radius 1 is 0.875 bits per heavy atom. The summed E-state index contributed by atoms with van der Waals surface area (Å²) in [5.74, 6) is 0.955. The monoisotopic (exact) mass is 568 g/mol. The Hall–Kier alpha value is -2.56. The number of methoxy groups -OCH3 is 2. The molecule has 9 heteroatoms. The first-order valence-corrected chi connectivity index (χ1v) is 15.9. The minimum atomic E-state index is -2.96. The zero-order chi connectivity index (χ0) is 29.1. The molecule has 6 atom stereocenters. The third-order valence-electron chi connectivity index (χ3n) is 7.70. The zero-order valence-corrected chi connectivity index (χ0v) is 25.9. The fraction of sp³-hybridized carbons (Fsp3) is 0.548. The van der Waals surface area contributed by atoms with Gasteiger partial charge in [0.15, 0.2) is 12.3 Å². The summed E-state index contributed by atoms with van der Waals surface area (Å²) < 4.78 is 30.9. The quantitative estimate of drug-likeness (QED) is 0.514. The number of rotatable bonds is 7. The summed E-state index contributed by atoms with van der Waals surface area (Å²) in [6.07, 6.45) is -2.99. The summed E-state index contributed by atoms with van der Waals surface area (Å²) in [7, 11) is 0.164. The molecule has 0 aliphatic carbocycles. The van der Waals surface area contributed by atoms with Crippen molar-refractivity contribution in [3.05, 3.63) is 60.7 Å². The van der Waals surface area contributed by atoms with E-state index in [1.54, 1.807) is 14.2 Å². The number of benzene rings is 2. The number of hydrogen-bond donors (Lipinski definition) is 1. The highest BCUT2D eigenvalue weighted by Gasteiger charge is 2.54. The van der Waals surface area contributed by atoms with Crippen LogP contribution in [-0.4, -0.2) is 82.7 Å². The molecule has 4 rings (SSSR count). The summed E-state index contributed by atoms with van der Waals surface area (Å²) in [6, 6.07) is 19.7. The van der Waals surface area contributed by atoms with Crippen LogP contribution < -0.4 is 10.4 Å². The Bertz CT molecular complexity index is 1130. The van der Waals surface area contributed by atoms with Gasteiger partial charge in [-0.3, -0.25) is 0 Å². The first-order valence-electron chi connectivity index (χ1n) is 14.0. The lowest BCUT2D eigenvalue weighted by molar-refractivity contribution is -0.260. The Morgan fingerprint density at radius 3 is 1.85 bits per heavy atom. The van der Waals surface area contributed by atoms with Gasteiger partial charge in [-0.15, -0.1) is 0 Å². The van der Waals surface area contributed by atoms with Gasteiger partial charge < -0.3 is 28.5 Å². The standard InChI is InChI=1S/C31H44N2O6Si/c1-20(2)25-29(35-7)33-26(30(32-25)36-8)27(34)28-24(19-37-21(3)38-28)39-40(31(4,5)6,22-15-11-9-12-16-22)23-17-13-10-14-18-23/h9-18,20-21,24-28,34H,19H2,1-8H3/t21-,24-,25-,26+,27-,28-/m1/s1. The molecule has 8 nitrogen and oxygen atoms in total. The van der Waals surface area contributed by atoms with E-state index in [9.17, 15) is 5.11 Å². The number of aliphatic hydroxyl groups is 1. The maximum absolute atomic E-state index is 11.9. The van der Waals surface area contributed by atoms with Gasteiger partial charge in [0.25, 0.3) is 8.32 Å². The SMILES string of the molecule is COC1=N[C@H](C(C)C)C(OC)=N[C@H]1[C@@H](O)[C@@H]1O[C@H](C)OC[C@H]1O[Si](c1ccccc1)(c1ccccc1)C(C)(C)C. The summed E-state index contributed by atoms with van der Waals surface area (Å²) in [5.41, 5.74) is 0. The van der Waals surface area contributed by atoms with E-state index < -0.39 is 39.0 Å². The number of aliphatic hydroxyl groups excluding tert-OH is 1. The highest BCUT2D eigenvalue weighted by molar-refractivity contribution is 6.99. The molecule has 2 aromatic carbocycles. The molecule has 1 N–H and O–H groups in total. The molecule has 218 valence electrons. The average Bonchev–Trinajstić information content (AvgIpc) is 2.95. The van der Waals surface area contributed by atoms with Gasteiger partial charge in [0.05, 0.1) is 26.9 Å². The van der Waals surface area contributed by atoms with E-state index in [4.69, 9.17) is 33.4 Å². The van der Waals surface area contributed by atoms with Crippen LogP contribution in [0.15, 0.2) is 70.6 Å².